The molecule has 1 fully saturated rings. The predicted octanol–water partition coefficient (Wildman–Crippen LogP) is 0.865. The van der Waals surface area contributed by atoms with Gasteiger partial charge in [0.15, 0.2) is 0 Å². The second-order valence-corrected chi connectivity index (χ2v) is 4.81. The fourth-order valence-electron chi connectivity index (χ4n) is 2.24. The van der Waals surface area contributed by atoms with Crippen molar-refractivity contribution < 1.29 is 1.43 Å². The molecule has 86 valence electrons. The van der Waals surface area contributed by atoms with Crippen LogP contribution >= 0.6 is 0 Å². The summed E-state index contributed by atoms with van der Waals surface area (Å²) >= 11 is 0. The molecule has 0 aliphatic carbocycles. The van der Waals surface area contributed by atoms with Gasteiger partial charge in [0, 0.05) is 32.6 Å². The molecule has 0 amide bonds. The maximum atomic E-state index is 3.65. The monoisotopic (exact) mass is 201 g/mol. The predicted molar refractivity (Wildman–Crippen MR) is 63.8 cm³/mol. The van der Waals surface area contributed by atoms with Gasteiger partial charge in [-0.3, -0.25) is 0 Å². The third kappa shape index (κ3) is 2.94. The molecule has 0 radical (unpaired) electrons. The van der Waals surface area contributed by atoms with E-state index in [4.69, 9.17) is 0 Å². The average Bonchev–Trinajstić information content (AvgIpc) is 2.46. The zero-order chi connectivity index (χ0) is 10.7. The molecular formula is C11H27N3. The van der Waals surface area contributed by atoms with Gasteiger partial charge >= 0.3 is 0 Å². The van der Waals surface area contributed by atoms with Crippen molar-refractivity contribution in [1.82, 2.24) is 15.1 Å². The zero-order valence-corrected chi connectivity index (χ0v) is 10.2. The molecule has 0 aromatic heterocycles. The zero-order valence-electron chi connectivity index (χ0n) is 10.2. The van der Waals surface area contributed by atoms with Gasteiger partial charge in [0.05, 0.1) is 0 Å². The third-order valence-electron chi connectivity index (χ3n) is 3.02. The lowest BCUT2D eigenvalue weighted by molar-refractivity contribution is 0.252. The molecule has 1 aliphatic heterocycles. The Kier molecular flexibility index (Phi) is 4.35. The Balaban J connectivity index is 0.00000196. The second-order valence-electron chi connectivity index (χ2n) is 4.81. The molecule has 3 nitrogen and oxygen atoms in total. The van der Waals surface area contributed by atoms with E-state index in [1.165, 1.54) is 19.6 Å². The van der Waals surface area contributed by atoms with Gasteiger partial charge in [-0.1, -0.05) is 20.8 Å². The third-order valence-corrected chi connectivity index (χ3v) is 3.02. The van der Waals surface area contributed by atoms with Gasteiger partial charge in [-0.25, -0.2) is 0 Å². The smallest absolute Gasteiger partial charge is 0.0383 e. The fraction of sp³-hybridized carbons (Fsp3) is 1.00. The van der Waals surface area contributed by atoms with Crippen LogP contribution in [0.2, 0.25) is 0 Å². The maximum Gasteiger partial charge on any atom is 0.0383 e. The van der Waals surface area contributed by atoms with Crippen molar-refractivity contribution in [2.45, 2.75) is 38.9 Å². The normalized spacial score (nSPS) is 29.4. The minimum absolute atomic E-state index is 0. The molecule has 1 aliphatic rings. The minimum Gasteiger partial charge on any atom is -0.309 e. The Labute approximate surface area is 89.9 Å². The van der Waals surface area contributed by atoms with E-state index in [0.717, 1.165) is 0 Å². The Morgan fingerprint density at radius 2 is 2.07 bits per heavy atom. The number of nitrogens with zero attached hydrogens (tertiary/aromatic N) is 2. The van der Waals surface area contributed by atoms with E-state index in [0.29, 0.717) is 18.1 Å². The van der Waals surface area contributed by atoms with Crippen molar-refractivity contribution >= 4 is 0 Å². The second kappa shape index (κ2) is 5.10. The van der Waals surface area contributed by atoms with E-state index >= 15 is 0 Å². The minimum atomic E-state index is 0. The van der Waals surface area contributed by atoms with Gasteiger partial charge in [0.25, 0.3) is 0 Å². The Bertz CT molecular complexity index is 173. The van der Waals surface area contributed by atoms with E-state index in [1.54, 1.807) is 0 Å². The van der Waals surface area contributed by atoms with Crippen molar-refractivity contribution in [3.63, 3.8) is 0 Å². The summed E-state index contributed by atoms with van der Waals surface area (Å²) in [6, 6.07) is 1.88. The molecule has 1 heterocycles. The molecule has 0 bridgehead atoms. The topological polar surface area (TPSA) is 18.5 Å². The summed E-state index contributed by atoms with van der Waals surface area (Å²) < 4.78 is 0. The van der Waals surface area contributed by atoms with Crippen LogP contribution in [0.1, 0.15) is 22.2 Å². The molecule has 0 aromatic rings. The highest BCUT2D eigenvalue weighted by Crippen LogP contribution is 2.14. The van der Waals surface area contributed by atoms with E-state index in [2.05, 4.69) is 50.0 Å². The number of nitrogens with one attached hydrogen (secondary N) is 1. The molecule has 0 spiro atoms. The first-order valence-corrected chi connectivity index (χ1v) is 5.69. The molecule has 3 heteroatoms. The summed E-state index contributed by atoms with van der Waals surface area (Å²) in [5.74, 6) is 0. The van der Waals surface area contributed by atoms with Crippen molar-refractivity contribution in [1.29, 1.82) is 0 Å². The van der Waals surface area contributed by atoms with Crippen molar-refractivity contribution in [3.8, 4) is 0 Å². The van der Waals surface area contributed by atoms with E-state index in [-0.39, 0.29) is 1.43 Å². The Morgan fingerprint density at radius 1 is 1.43 bits per heavy atom. The summed E-state index contributed by atoms with van der Waals surface area (Å²) in [7, 11) is 4.36. The standard InChI is InChI=1S/C11H25N3.H2/c1-6-14-7-10(12-9(2)3)11(8-14)13(4)5;/h9-12H,6-8H2,1-5H3;1H/t10-,11-;/m0./s1. The lowest BCUT2D eigenvalue weighted by Crippen LogP contribution is -2.48. The summed E-state index contributed by atoms with van der Waals surface area (Å²) in [5.41, 5.74) is 0. The lowest BCUT2D eigenvalue weighted by atomic mass is 10.1. The number of rotatable bonds is 4. The summed E-state index contributed by atoms with van der Waals surface area (Å²) in [6.07, 6.45) is 0. The van der Waals surface area contributed by atoms with Gasteiger partial charge in [0.2, 0.25) is 0 Å². The number of likely N-dealkylation sites (tertiary alicyclic amines) is 1. The largest absolute Gasteiger partial charge is 0.309 e. The Hall–Kier alpha value is -0.120. The summed E-state index contributed by atoms with van der Waals surface area (Å²) in [5, 5.41) is 3.65. The maximum absolute atomic E-state index is 3.65. The van der Waals surface area contributed by atoms with E-state index < -0.39 is 0 Å². The highest BCUT2D eigenvalue weighted by molar-refractivity contribution is 4.94. The van der Waals surface area contributed by atoms with Gasteiger partial charge in [-0.2, -0.15) is 0 Å². The number of hydrogen-bond acceptors (Lipinski definition) is 3. The fourth-order valence-corrected chi connectivity index (χ4v) is 2.24. The first kappa shape index (κ1) is 12.0. The van der Waals surface area contributed by atoms with Crippen molar-refractivity contribution in [3.05, 3.63) is 0 Å². The molecule has 0 unspecified atom stereocenters. The van der Waals surface area contributed by atoms with Crippen LogP contribution < -0.4 is 5.32 Å². The van der Waals surface area contributed by atoms with Crippen molar-refractivity contribution in [2.24, 2.45) is 0 Å². The van der Waals surface area contributed by atoms with Gasteiger partial charge in [-0.15, -0.1) is 0 Å². The molecule has 14 heavy (non-hydrogen) atoms. The van der Waals surface area contributed by atoms with Crippen LogP contribution in [0.3, 0.4) is 0 Å². The van der Waals surface area contributed by atoms with Crippen LogP contribution in [0.15, 0.2) is 0 Å². The van der Waals surface area contributed by atoms with Crippen LogP contribution in [-0.2, 0) is 0 Å². The molecule has 0 aromatic carbocycles. The quantitative estimate of drug-likeness (QED) is 0.728. The molecule has 1 rings (SSSR count). The van der Waals surface area contributed by atoms with Crippen molar-refractivity contribution in [2.75, 3.05) is 33.7 Å². The molecular weight excluding hydrogens is 174 g/mol. The molecule has 1 saturated heterocycles. The first-order valence-electron chi connectivity index (χ1n) is 5.69. The lowest BCUT2D eigenvalue weighted by Gasteiger charge is -2.27. The summed E-state index contributed by atoms with van der Waals surface area (Å²) in [6.45, 7) is 10.2. The van der Waals surface area contributed by atoms with Gasteiger partial charge in [0.1, 0.15) is 0 Å². The molecule has 1 N–H and O–H groups in total. The van der Waals surface area contributed by atoms with E-state index in [1.807, 2.05) is 0 Å². The SMILES string of the molecule is CCN1C[C@H](NC(C)C)[C@@H](N(C)C)C1.[HH]. The highest BCUT2D eigenvalue weighted by Gasteiger charge is 2.33. The van der Waals surface area contributed by atoms with Gasteiger partial charge in [-0.05, 0) is 20.6 Å². The van der Waals surface area contributed by atoms with Crippen LogP contribution in [0.25, 0.3) is 0 Å². The summed E-state index contributed by atoms with van der Waals surface area (Å²) in [4.78, 5) is 4.86. The average molecular weight is 201 g/mol. The number of hydrogen-bond donors (Lipinski definition) is 1. The molecule has 0 saturated carbocycles. The van der Waals surface area contributed by atoms with Gasteiger partial charge < -0.3 is 15.1 Å². The molecule has 2 atom stereocenters. The van der Waals surface area contributed by atoms with Crippen LogP contribution in [0, 0.1) is 0 Å². The van der Waals surface area contributed by atoms with Crippen LogP contribution in [0.4, 0.5) is 0 Å². The Morgan fingerprint density at radius 3 is 2.50 bits per heavy atom. The van der Waals surface area contributed by atoms with E-state index in [9.17, 15) is 0 Å². The van der Waals surface area contributed by atoms with Crippen LogP contribution in [-0.4, -0.2) is 61.7 Å². The first-order chi connectivity index (χ1) is 6.54. The number of likely N-dealkylation sites (N-methyl/N-ethyl adjacent to an activating group) is 2. The highest BCUT2D eigenvalue weighted by atomic mass is 15.3. The van der Waals surface area contributed by atoms with Crippen LogP contribution in [0.5, 0.6) is 0 Å².